The van der Waals surface area contributed by atoms with E-state index in [1.807, 2.05) is 0 Å². The first-order chi connectivity index (χ1) is 8.28. The summed E-state index contributed by atoms with van der Waals surface area (Å²) >= 11 is 0. The van der Waals surface area contributed by atoms with Crippen LogP contribution in [0.15, 0.2) is 0 Å². The van der Waals surface area contributed by atoms with Crippen molar-refractivity contribution in [2.24, 2.45) is 5.41 Å². The number of hydrogen-bond donors (Lipinski definition) is 1. The molecule has 2 fully saturated rings. The first-order valence-electron chi connectivity index (χ1n) is 6.91. The Morgan fingerprint density at radius 3 is 2.41 bits per heavy atom. The highest BCUT2D eigenvalue weighted by atomic mass is 16.5. The summed E-state index contributed by atoms with van der Waals surface area (Å²) in [5, 5.41) is 9.65. The number of piperazine rings is 1. The number of aliphatic hydroxyl groups is 1. The lowest BCUT2D eigenvalue weighted by Crippen LogP contribution is -2.52. The lowest BCUT2D eigenvalue weighted by molar-refractivity contribution is -0.0601. The molecule has 2 rings (SSSR count). The zero-order valence-electron chi connectivity index (χ0n) is 11.0. The van der Waals surface area contributed by atoms with Gasteiger partial charge in [-0.3, -0.25) is 0 Å². The maximum absolute atomic E-state index is 9.65. The number of nitrogens with zero attached hydrogens (tertiary/aromatic N) is 2. The fourth-order valence-electron chi connectivity index (χ4n) is 2.95. The van der Waals surface area contributed by atoms with Crippen LogP contribution in [0.2, 0.25) is 0 Å². The predicted octanol–water partition coefficient (Wildman–Crippen LogP) is 0.413. The first kappa shape index (κ1) is 13.3. The SMILES string of the molecule is CCN1CCN(CC2(CO)CCCOC2)CC1. The number of rotatable bonds is 4. The molecule has 0 amide bonds. The van der Waals surface area contributed by atoms with Gasteiger partial charge in [-0.1, -0.05) is 6.92 Å². The largest absolute Gasteiger partial charge is 0.396 e. The summed E-state index contributed by atoms with van der Waals surface area (Å²) in [6.45, 7) is 10.8. The molecular weight excluding hydrogens is 216 g/mol. The van der Waals surface area contributed by atoms with Crippen molar-refractivity contribution in [3.8, 4) is 0 Å². The standard InChI is InChI=1S/C13H26N2O2/c1-2-14-5-7-15(8-6-14)10-13(11-16)4-3-9-17-12-13/h16H,2-12H2,1H3. The van der Waals surface area contributed by atoms with Crippen LogP contribution in [0.3, 0.4) is 0 Å². The van der Waals surface area contributed by atoms with Crippen LogP contribution in [0, 0.1) is 5.41 Å². The molecule has 4 heteroatoms. The molecule has 2 saturated heterocycles. The Morgan fingerprint density at radius 1 is 1.18 bits per heavy atom. The van der Waals surface area contributed by atoms with Crippen LogP contribution in [0.25, 0.3) is 0 Å². The lowest BCUT2D eigenvalue weighted by atomic mass is 9.82. The smallest absolute Gasteiger partial charge is 0.0556 e. The Labute approximate surface area is 105 Å². The van der Waals surface area contributed by atoms with Crippen molar-refractivity contribution in [3.63, 3.8) is 0 Å². The highest BCUT2D eigenvalue weighted by Crippen LogP contribution is 2.29. The molecule has 1 atom stereocenters. The normalized spacial score (nSPS) is 32.8. The first-order valence-corrected chi connectivity index (χ1v) is 6.91. The second kappa shape index (κ2) is 6.14. The van der Waals surface area contributed by atoms with Gasteiger partial charge in [0.05, 0.1) is 13.2 Å². The molecule has 4 nitrogen and oxygen atoms in total. The van der Waals surface area contributed by atoms with Crippen LogP contribution < -0.4 is 0 Å². The van der Waals surface area contributed by atoms with E-state index in [2.05, 4.69) is 16.7 Å². The topological polar surface area (TPSA) is 35.9 Å². The molecule has 2 heterocycles. The van der Waals surface area contributed by atoms with Crippen LogP contribution in [0.4, 0.5) is 0 Å². The van der Waals surface area contributed by atoms with Crippen LogP contribution >= 0.6 is 0 Å². The van der Waals surface area contributed by atoms with E-state index in [1.54, 1.807) is 0 Å². The summed E-state index contributed by atoms with van der Waals surface area (Å²) in [5.74, 6) is 0. The molecule has 0 bridgehead atoms. The quantitative estimate of drug-likeness (QED) is 0.775. The minimum Gasteiger partial charge on any atom is -0.396 e. The molecule has 0 spiro atoms. The minimum atomic E-state index is 0.00658. The third-order valence-electron chi connectivity index (χ3n) is 4.21. The van der Waals surface area contributed by atoms with Crippen LogP contribution in [0.1, 0.15) is 19.8 Å². The Balaban J connectivity index is 1.82. The second-order valence-electron chi connectivity index (χ2n) is 5.52. The van der Waals surface area contributed by atoms with Gasteiger partial charge >= 0.3 is 0 Å². The van der Waals surface area contributed by atoms with Crippen molar-refractivity contribution in [1.82, 2.24) is 9.80 Å². The molecule has 0 radical (unpaired) electrons. The summed E-state index contributed by atoms with van der Waals surface area (Å²) < 4.78 is 5.56. The number of ether oxygens (including phenoxy) is 1. The maximum atomic E-state index is 9.65. The van der Waals surface area contributed by atoms with Gasteiger partial charge in [0.2, 0.25) is 0 Å². The van der Waals surface area contributed by atoms with Gasteiger partial charge in [0, 0.05) is 44.7 Å². The third-order valence-corrected chi connectivity index (χ3v) is 4.21. The molecule has 0 aromatic heterocycles. The fourth-order valence-corrected chi connectivity index (χ4v) is 2.95. The molecule has 0 aromatic carbocycles. The number of aliphatic hydroxyl groups excluding tert-OH is 1. The summed E-state index contributed by atoms with van der Waals surface area (Å²) in [4.78, 5) is 4.98. The van der Waals surface area contributed by atoms with E-state index in [4.69, 9.17) is 4.74 Å². The molecule has 17 heavy (non-hydrogen) atoms. The van der Waals surface area contributed by atoms with E-state index in [9.17, 15) is 5.11 Å². The van der Waals surface area contributed by atoms with Gasteiger partial charge in [0.1, 0.15) is 0 Å². The summed E-state index contributed by atoms with van der Waals surface area (Å²) in [6, 6.07) is 0. The monoisotopic (exact) mass is 242 g/mol. The zero-order valence-corrected chi connectivity index (χ0v) is 11.0. The molecule has 2 aliphatic rings. The van der Waals surface area contributed by atoms with Crippen LogP contribution in [-0.2, 0) is 4.74 Å². The van der Waals surface area contributed by atoms with Crippen molar-refractivity contribution in [2.75, 3.05) is 59.1 Å². The molecule has 1 N–H and O–H groups in total. The lowest BCUT2D eigenvalue weighted by Gasteiger charge is -2.42. The van der Waals surface area contributed by atoms with Crippen molar-refractivity contribution in [3.05, 3.63) is 0 Å². The summed E-state index contributed by atoms with van der Waals surface area (Å²) in [5.41, 5.74) is 0.00658. The van der Waals surface area contributed by atoms with Crippen LogP contribution in [-0.4, -0.2) is 74.0 Å². The van der Waals surface area contributed by atoms with Gasteiger partial charge in [-0.05, 0) is 19.4 Å². The van der Waals surface area contributed by atoms with Gasteiger partial charge in [-0.2, -0.15) is 0 Å². The third kappa shape index (κ3) is 3.41. The van der Waals surface area contributed by atoms with E-state index in [0.29, 0.717) is 0 Å². The average Bonchev–Trinajstić information content (AvgIpc) is 2.41. The molecule has 0 saturated carbocycles. The highest BCUT2D eigenvalue weighted by molar-refractivity contribution is 4.86. The highest BCUT2D eigenvalue weighted by Gasteiger charge is 2.34. The van der Waals surface area contributed by atoms with Crippen molar-refractivity contribution < 1.29 is 9.84 Å². The van der Waals surface area contributed by atoms with E-state index in [0.717, 1.165) is 52.2 Å². The summed E-state index contributed by atoms with van der Waals surface area (Å²) in [6.07, 6.45) is 2.20. The molecule has 0 aliphatic carbocycles. The predicted molar refractivity (Wildman–Crippen MR) is 68.1 cm³/mol. The van der Waals surface area contributed by atoms with E-state index in [-0.39, 0.29) is 12.0 Å². The average molecular weight is 242 g/mol. The Kier molecular flexibility index (Phi) is 4.79. The van der Waals surface area contributed by atoms with E-state index < -0.39 is 0 Å². The maximum Gasteiger partial charge on any atom is 0.0556 e. The Bertz CT molecular complexity index is 221. The second-order valence-corrected chi connectivity index (χ2v) is 5.52. The van der Waals surface area contributed by atoms with E-state index in [1.165, 1.54) is 13.1 Å². The van der Waals surface area contributed by atoms with Gasteiger partial charge in [-0.15, -0.1) is 0 Å². The molecule has 0 aromatic rings. The van der Waals surface area contributed by atoms with Gasteiger partial charge in [0.15, 0.2) is 0 Å². The van der Waals surface area contributed by atoms with Crippen molar-refractivity contribution in [1.29, 1.82) is 0 Å². The number of hydrogen-bond acceptors (Lipinski definition) is 4. The Hall–Kier alpha value is -0.160. The molecule has 2 aliphatic heterocycles. The zero-order chi connectivity index (χ0) is 12.1. The number of likely N-dealkylation sites (N-methyl/N-ethyl adjacent to an activating group) is 1. The fraction of sp³-hybridized carbons (Fsp3) is 1.00. The molecular formula is C13H26N2O2. The Morgan fingerprint density at radius 2 is 1.88 bits per heavy atom. The summed E-state index contributed by atoms with van der Waals surface area (Å²) in [7, 11) is 0. The molecule has 1 unspecified atom stereocenters. The van der Waals surface area contributed by atoms with Crippen molar-refractivity contribution in [2.45, 2.75) is 19.8 Å². The van der Waals surface area contributed by atoms with Gasteiger partial charge < -0.3 is 19.6 Å². The van der Waals surface area contributed by atoms with Gasteiger partial charge in [0.25, 0.3) is 0 Å². The van der Waals surface area contributed by atoms with Gasteiger partial charge in [-0.25, -0.2) is 0 Å². The van der Waals surface area contributed by atoms with E-state index >= 15 is 0 Å². The minimum absolute atomic E-state index is 0.00658. The molecule has 100 valence electrons. The van der Waals surface area contributed by atoms with Crippen LogP contribution in [0.5, 0.6) is 0 Å². The van der Waals surface area contributed by atoms with Crippen molar-refractivity contribution >= 4 is 0 Å².